The maximum absolute atomic E-state index is 12.9. The SMILES string of the molecule is CC(C)(C)S(N)=O.CCOC.CCOC(=O)C(=NS(=O)C(C)(C)C)c1ccc(C)cc1OCOC.CCOC(=O)C(=O)OCC.CCOC(=O)C(=O)c1ccc(C)cc1OCOC.CCOC(=O)C1(N)COc2cc(C)ccc21.CCOC(=O)C1(c2ccc(C)cc2OCOC)CN1S(=O)C(C)(C)C.COCOc1cc(C)ccc1C.C[S+](C)(C)=O.Cc1ccc(C)c(O)c1.Cc1ccc2c(c1)OCC2(N)CO.[AlH3].[H-].[I-].[Li+]. The zero-order chi connectivity index (χ0) is 110. The van der Waals surface area contributed by atoms with E-state index in [-0.39, 0.29) is 144 Å². The number of methoxy groups -OCH3 is 5. The zero-order valence-electron chi connectivity index (χ0n) is 92.2. The number of aryl methyl sites for hydroxylation is 9. The van der Waals surface area contributed by atoms with Crippen molar-refractivity contribution in [2.24, 2.45) is 21.0 Å². The molecule has 35 nitrogen and oxygen atoms in total. The first-order valence-corrected chi connectivity index (χ1v) is 52.1. The summed E-state index contributed by atoms with van der Waals surface area (Å²) in [5, 5.41) is 23.3. The van der Waals surface area contributed by atoms with Crippen LogP contribution in [0.5, 0.6) is 40.2 Å². The van der Waals surface area contributed by atoms with E-state index in [1.807, 2.05) is 196 Å². The van der Waals surface area contributed by atoms with Crippen molar-refractivity contribution in [3.05, 3.63) is 205 Å². The number of halogens is 1. The third-order valence-corrected chi connectivity index (χ3v) is 23.3. The predicted octanol–water partition coefficient (Wildman–Crippen LogP) is 7.45. The van der Waals surface area contributed by atoms with Crippen molar-refractivity contribution in [2.75, 3.05) is 154 Å². The Labute approximate surface area is 914 Å². The van der Waals surface area contributed by atoms with Crippen molar-refractivity contribution in [3.63, 3.8) is 0 Å². The van der Waals surface area contributed by atoms with Crippen molar-refractivity contribution in [1.82, 2.24) is 4.31 Å². The van der Waals surface area contributed by atoms with Crippen LogP contribution in [0.15, 0.2) is 132 Å². The molecule has 8 N–H and O–H groups in total. The molecule has 7 aromatic rings. The van der Waals surface area contributed by atoms with Gasteiger partial charge >= 0.3 is 54.7 Å². The monoisotopic (exact) mass is 2250 g/mol. The largest absolute Gasteiger partial charge is 1.00 e. The van der Waals surface area contributed by atoms with Crippen LogP contribution < -0.4 is 87.9 Å². The number of nitrogens with zero attached hydrogens (tertiary/aromatic N) is 2. The Morgan fingerprint density at radius 3 is 1.18 bits per heavy atom. The summed E-state index contributed by atoms with van der Waals surface area (Å²) in [6.07, 6.45) is 5.15. The average Bonchev–Trinajstić information content (AvgIpc) is 1.54. The first-order valence-electron chi connectivity index (χ1n) is 45.8. The van der Waals surface area contributed by atoms with Gasteiger partial charge in [-0.1, -0.05) is 72.8 Å². The fourth-order valence-electron chi connectivity index (χ4n) is 11.2. The molecule has 1 fully saturated rings. The number of phenolic OH excluding ortho intramolecular Hbond substituents is 1. The quantitative estimate of drug-likeness (QED) is 0.00290. The molecule has 0 spiro atoms. The number of hydrogen-bond acceptors (Lipinski definition) is 32. The first-order chi connectivity index (χ1) is 66.7. The summed E-state index contributed by atoms with van der Waals surface area (Å²) in [4.78, 5) is 81.0. The van der Waals surface area contributed by atoms with Gasteiger partial charge in [-0.25, -0.2) is 41.4 Å². The van der Waals surface area contributed by atoms with Crippen molar-refractivity contribution in [2.45, 2.75) is 204 Å². The number of esters is 6. The molecule has 0 aliphatic carbocycles. The van der Waals surface area contributed by atoms with Gasteiger partial charge in [0.15, 0.2) is 61.3 Å². The van der Waals surface area contributed by atoms with Crippen LogP contribution in [0.3, 0.4) is 0 Å². The van der Waals surface area contributed by atoms with Crippen molar-refractivity contribution in [1.29, 1.82) is 0 Å². The maximum Gasteiger partial charge on any atom is 1.00 e. The molecular formula is C104H162AlILiN5O30S4. The molecule has 42 heteroatoms. The number of ether oxygens (including phenoxy) is 17. The first kappa shape index (κ1) is 144. The maximum atomic E-state index is 12.9. The number of rotatable bonds is 29. The normalized spacial score (nSPS) is 15.7. The number of carbonyl (C=O) groups excluding carboxylic acids is 7. The minimum atomic E-state index is -1.61. The smallest absolute Gasteiger partial charge is 1.00 e. The Bertz CT molecular complexity index is 5330. The number of phenols is 1. The summed E-state index contributed by atoms with van der Waals surface area (Å²) in [5.41, 5.74) is 21.4. The summed E-state index contributed by atoms with van der Waals surface area (Å²) in [7, 11) is 2.26. The van der Waals surface area contributed by atoms with Gasteiger partial charge in [-0.2, -0.15) is 8.70 Å². The van der Waals surface area contributed by atoms with Gasteiger partial charge in [-0.15, -0.1) is 4.21 Å². The fourth-order valence-corrected chi connectivity index (χ4v) is 13.2. The van der Waals surface area contributed by atoms with E-state index < -0.39 is 111 Å². The minimum Gasteiger partial charge on any atom is -1.00 e. The van der Waals surface area contributed by atoms with E-state index in [1.165, 1.54) is 26.9 Å². The van der Waals surface area contributed by atoms with Crippen molar-refractivity contribution >= 4 is 108 Å². The summed E-state index contributed by atoms with van der Waals surface area (Å²) in [5.74, 6) is -0.885. The van der Waals surface area contributed by atoms with Crippen molar-refractivity contribution < 1.29 is 185 Å². The van der Waals surface area contributed by atoms with Gasteiger partial charge < -0.3 is 128 Å². The van der Waals surface area contributed by atoms with Crippen LogP contribution in [0.4, 0.5) is 0 Å². The molecule has 0 bridgehead atoms. The van der Waals surface area contributed by atoms with Crippen LogP contribution >= 0.6 is 0 Å². The number of fused-ring (bicyclic) bond motifs is 2. The predicted molar refractivity (Wildman–Crippen MR) is 571 cm³/mol. The molecule has 3 heterocycles. The Hall–Kier alpha value is -8.64. The Morgan fingerprint density at radius 2 is 0.781 bits per heavy atom. The van der Waals surface area contributed by atoms with E-state index >= 15 is 0 Å². The number of carbonyl (C=O) groups is 7. The number of aliphatic hydroxyl groups excluding tert-OH is 1. The third-order valence-electron chi connectivity index (χ3n) is 18.8. The van der Waals surface area contributed by atoms with E-state index in [0.29, 0.717) is 72.0 Å². The molecule has 7 atom stereocenters. The Morgan fingerprint density at radius 1 is 0.445 bits per heavy atom. The van der Waals surface area contributed by atoms with Gasteiger partial charge in [0.2, 0.25) is 0 Å². The molecule has 7 unspecified atom stereocenters. The molecule has 146 heavy (non-hydrogen) atoms. The second-order valence-electron chi connectivity index (χ2n) is 35.5. The second-order valence-corrected chi connectivity index (χ2v) is 44.9. The molecule has 0 saturated carbocycles. The van der Waals surface area contributed by atoms with Gasteiger partial charge in [0.25, 0.3) is 5.78 Å². The molecule has 0 aromatic heterocycles. The minimum absolute atomic E-state index is 0. The Balaban J connectivity index is -0.000000518. The average molecular weight is 2250 g/mol. The fraction of sp³-hybridized carbons (Fsp3) is 0.519. The summed E-state index contributed by atoms with van der Waals surface area (Å²) >= 11 is 0. The number of aromatic hydroxyl groups is 1. The van der Waals surface area contributed by atoms with E-state index in [0.717, 1.165) is 68.2 Å². The molecule has 0 radical (unpaired) electrons. The number of benzene rings is 7. The van der Waals surface area contributed by atoms with Crippen LogP contribution in [-0.2, 0) is 145 Å². The number of nitrogens with two attached hydrogens (primary N) is 3. The molecule has 818 valence electrons. The molecule has 3 aliphatic heterocycles. The molecule has 3 aliphatic rings. The van der Waals surface area contributed by atoms with Crippen LogP contribution in [0.1, 0.15) is 195 Å². The van der Waals surface area contributed by atoms with Crippen LogP contribution in [0.2, 0.25) is 0 Å². The number of hydrogen-bond donors (Lipinski definition) is 5. The van der Waals surface area contributed by atoms with Crippen LogP contribution in [0.25, 0.3) is 0 Å². The van der Waals surface area contributed by atoms with Gasteiger partial charge in [0, 0.05) is 65.4 Å². The van der Waals surface area contributed by atoms with E-state index in [1.54, 1.807) is 136 Å². The van der Waals surface area contributed by atoms with Gasteiger partial charge in [0.05, 0.1) is 92.5 Å². The number of aliphatic hydroxyl groups is 1. The van der Waals surface area contributed by atoms with Crippen molar-refractivity contribution in [3.8, 4) is 40.2 Å². The summed E-state index contributed by atoms with van der Waals surface area (Å²) in [6, 6.07) is 39.1. The van der Waals surface area contributed by atoms with E-state index in [4.69, 9.17) is 88.4 Å². The third kappa shape index (κ3) is 51.7. The molecule has 7 aromatic carbocycles. The van der Waals surface area contributed by atoms with Gasteiger partial charge in [0.1, 0.15) is 99.7 Å². The molecular weight excluding hydrogens is 2090 g/mol. The Kier molecular flexibility index (Phi) is 70.8. The topological polar surface area (TPSA) is 479 Å². The van der Waals surface area contributed by atoms with Gasteiger partial charge in [-0.3, -0.25) is 9.93 Å². The summed E-state index contributed by atoms with van der Waals surface area (Å²) in [6.45, 7) is 49.4. The summed E-state index contributed by atoms with van der Waals surface area (Å²) < 4.78 is 136. The van der Waals surface area contributed by atoms with E-state index in [2.05, 4.69) is 29.4 Å². The standard InChI is InChI=1S/C18H27NO5S.C17H25NO5S.C13H16O5.C12H15NO3.C10H13NO2.C10H14O2.C8H10O.C6H10O4.C4H11NOS.C3H9OS.C3H8O.Al.HI.Li.4H/c1-7-23-16(20)18(11-19(18)25(21)17(3,4)5)14-9-8-13(2)10-15(14)24-12-22-6;1-7-22-16(19)15(18-24(20)17(3,4)5)13-9-8-12(2)10-14(13)23-11-21-6;1-4-17-13(15)12(14)10-6-5-9(2)7-11(10)18-8-16-3;1-3-15-11(14)12(13)7-16-10-6-8(2)4-5-9(10)12;1-7-2-3-8-9(4-7)13-6-10(8,11)5-12;1-8-4-5-9(2)10(6-8)12-7-11-3;1-6-3-4-7(2)8(9)5-6;1-3-9-5(7)6(8)10-4-2;1-4(2,3)7(5)6;1-5(2,3)4;1-3-4-2;;;;;;;/h8-10H,7,11-12H2,1-6H3;8-10H,7,11H2,1-6H3;5-7H,4,8H2,1-3H3;4-6H,3,7,13H2,1-2H3;2-4,12H,5-6,11H2,1H3;4-6H,7H2,1-3H3;3-5,9H,1-2H3;3-4H2,1-2H3;5H2,1-3H3;1-3H3;3H2,1-2H3;;1H;;;;;/q;;;;;;;;;+1;;;;+1;;;;-1/p-1. The molecule has 0 amide bonds. The van der Waals surface area contributed by atoms with Gasteiger partial charge in [-0.05, 0) is 278 Å². The number of ketones is 1. The van der Waals surface area contributed by atoms with Crippen LogP contribution in [0, 0.1) is 62.3 Å². The van der Waals surface area contributed by atoms with E-state index in [9.17, 15) is 50.4 Å². The number of Topliss-reactive ketones (excluding diaryl/α,β-unsaturated/α-hetero) is 1. The zero-order valence-corrected chi connectivity index (χ0v) is 96.6. The molecule has 10 rings (SSSR count). The van der Waals surface area contributed by atoms with Crippen LogP contribution in [-0.4, -0.2) is 260 Å². The second kappa shape index (κ2) is 71.9. The molecule has 1 saturated heterocycles.